The molecule has 1 rings (SSSR count). The fourth-order valence-electron chi connectivity index (χ4n) is 1.71. The monoisotopic (exact) mass is 289 g/mol. The lowest BCUT2D eigenvalue weighted by Crippen LogP contribution is -2.41. The van der Waals surface area contributed by atoms with Crippen molar-refractivity contribution in [2.24, 2.45) is 0 Å². The first-order valence-electron chi connectivity index (χ1n) is 5.83. The van der Waals surface area contributed by atoms with E-state index in [-0.39, 0.29) is 0 Å². The standard InChI is InChI=1S/C13H14F3NO3/c1-8(2)17(7-11(18)19)12(20)9-5-3-4-6-10(9)13(14,15)16/h3-6,8H,7H2,1-2H3,(H,18,19). The number of benzene rings is 1. The van der Waals surface area contributed by atoms with Gasteiger partial charge in [0.15, 0.2) is 0 Å². The number of rotatable bonds is 4. The van der Waals surface area contributed by atoms with Crippen molar-refractivity contribution >= 4 is 11.9 Å². The number of carbonyl (C=O) groups is 2. The van der Waals surface area contributed by atoms with Gasteiger partial charge in [0, 0.05) is 6.04 Å². The lowest BCUT2D eigenvalue weighted by atomic mass is 10.1. The van der Waals surface area contributed by atoms with Crippen LogP contribution in [0, 0.1) is 0 Å². The maximum absolute atomic E-state index is 12.8. The largest absolute Gasteiger partial charge is 0.480 e. The van der Waals surface area contributed by atoms with Crippen LogP contribution in [0.4, 0.5) is 13.2 Å². The third-order valence-electron chi connectivity index (χ3n) is 2.65. The zero-order chi connectivity index (χ0) is 15.5. The molecule has 1 aromatic rings. The molecule has 1 aromatic carbocycles. The summed E-state index contributed by atoms with van der Waals surface area (Å²) in [6.07, 6.45) is -4.67. The van der Waals surface area contributed by atoms with Crippen molar-refractivity contribution < 1.29 is 27.9 Å². The number of carbonyl (C=O) groups excluding carboxylic acids is 1. The topological polar surface area (TPSA) is 57.6 Å². The summed E-state index contributed by atoms with van der Waals surface area (Å²) in [6.45, 7) is 2.43. The number of carboxylic acid groups (broad SMARTS) is 1. The molecule has 0 radical (unpaired) electrons. The van der Waals surface area contributed by atoms with Crippen molar-refractivity contribution in [2.45, 2.75) is 26.1 Å². The lowest BCUT2D eigenvalue weighted by molar-refractivity contribution is -0.138. The van der Waals surface area contributed by atoms with Crippen LogP contribution in [0.25, 0.3) is 0 Å². The van der Waals surface area contributed by atoms with Crippen molar-refractivity contribution in [1.82, 2.24) is 4.90 Å². The molecule has 0 bridgehead atoms. The van der Waals surface area contributed by atoms with Crippen molar-refractivity contribution in [2.75, 3.05) is 6.54 Å². The summed E-state index contributed by atoms with van der Waals surface area (Å²) in [6, 6.07) is 3.80. The number of nitrogens with zero attached hydrogens (tertiary/aromatic N) is 1. The molecule has 0 saturated heterocycles. The van der Waals surface area contributed by atoms with Gasteiger partial charge in [-0.1, -0.05) is 12.1 Å². The molecule has 0 saturated carbocycles. The first-order valence-corrected chi connectivity index (χ1v) is 5.83. The highest BCUT2D eigenvalue weighted by Gasteiger charge is 2.36. The normalized spacial score (nSPS) is 11.5. The SMILES string of the molecule is CC(C)N(CC(=O)O)C(=O)c1ccccc1C(F)(F)F. The van der Waals surface area contributed by atoms with Gasteiger partial charge in [-0.3, -0.25) is 9.59 Å². The first kappa shape index (κ1) is 16.0. The molecule has 0 heterocycles. The van der Waals surface area contributed by atoms with Gasteiger partial charge in [-0.25, -0.2) is 0 Å². The van der Waals surface area contributed by atoms with E-state index >= 15 is 0 Å². The van der Waals surface area contributed by atoms with Gasteiger partial charge in [0.05, 0.1) is 11.1 Å². The van der Waals surface area contributed by atoms with Gasteiger partial charge in [-0.2, -0.15) is 13.2 Å². The molecule has 1 amide bonds. The average molecular weight is 289 g/mol. The highest BCUT2D eigenvalue weighted by molar-refractivity contribution is 5.97. The summed E-state index contributed by atoms with van der Waals surface area (Å²) in [7, 11) is 0. The lowest BCUT2D eigenvalue weighted by Gasteiger charge is -2.26. The van der Waals surface area contributed by atoms with E-state index in [0.29, 0.717) is 0 Å². The van der Waals surface area contributed by atoms with E-state index in [1.165, 1.54) is 26.0 Å². The summed E-state index contributed by atoms with van der Waals surface area (Å²) in [5.41, 5.74) is -1.61. The van der Waals surface area contributed by atoms with E-state index in [1.54, 1.807) is 0 Å². The summed E-state index contributed by atoms with van der Waals surface area (Å²) in [5.74, 6) is -2.23. The second-order valence-electron chi connectivity index (χ2n) is 4.46. The highest BCUT2D eigenvalue weighted by Crippen LogP contribution is 2.32. The van der Waals surface area contributed by atoms with E-state index < -0.39 is 41.8 Å². The van der Waals surface area contributed by atoms with Crippen molar-refractivity contribution in [3.8, 4) is 0 Å². The first-order chi connectivity index (χ1) is 9.14. The molecule has 110 valence electrons. The van der Waals surface area contributed by atoms with Crippen LogP contribution in [0.15, 0.2) is 24.3 Å². The van der Waals surface area contributed by atoms with Crippen LogP contribution in [0.3, 0.4) is 0 Å². The van der Waals surface area contributed by atoms with E-state index in [4.69, 9.17) is 5.11 Å². The van der Waals surface area contributed by atoms with Crippen LogP contribution in [0.5, 0.6) is 0 Å². The number of halogens is 3. The van der Waals surface area contributed by atoms with Gasteiger partial charge in [-0.05, 0) is 26.0 Å². The summed E-state index contributed by atoms with van der Waals surface area (Å²) < 4.78 is 38.5. The fraction of sp³-hybridized carbons (Fsp3) is 0.385. The van der Waals surface area contributed by atoms with Crippen LogP contribution in [-0.4, -0.2) is 34.5 Å². The molecule has 1 N–H and O–H groups in total. The minimum absolute atomic E-state index is 0.528. The van der Waals surface area contributed by atoms with Crippen molar-refractivity contribution in [3.63, 3.8) is 0 Å². The molecule has 0 unspecified atom stereocenters. The van der Waals surface area contributed by atoms with E-state index in [1.807, 2.05) is 0 Å². The molecule has 0 spiro atoms. The van der Waals surface area contributed by atoms with Crippen molar-refractivity contribution in [1.29, 1.82) is 0 Å². The third kappa shape index (κ3) is 3.72. The highest BCUT2D eigenvalue weighted by atomic mass is 19.4. The Labute approximate surface area is 113 Å². The predicted molar refractivity (Wildman–Crippen MR) is 65.3 cm³/mol. The molecular formula is C13H14F3NO3. The Morgan fingerprint density at radius 3 is 2.25 bits per heavy atom. The van der Waals surface area contributed by atoms with Crippen molar-refractivity contribution in [3.05, 3.63) is 35.4 Å². The maximum Gasteiger partial charge on any atom is 0.417 e. The van der Waals surface area contributed by atoms with Gasteiger partial charge in [0.2, 0.25) is 0 Å². The molecule has 20 heavy (non-hydrogen) atoms. The van der Waals surface area contributed by atoms with Crippen LogP contribution < -0.4 is 0 Å². The molecule has 0 aliphatic carbocycles. The number of aliphatic carboxylic acids is 1. The number of hydrogen-bond acceptors (Lipinski definition) is 2. The molecular weight excluding hydrogens is 275 g/mol. The Kier molecular flexibility index (Phi) is 4.75. The van der Waals surface area contributed by atoms with Gasteiger partial charge in [-0.15, -0.1) is 0 Å². The summed E-state index contributed by atoms with van der Waals surface area (Å²) in [5, 5.41) is 8.74. The minimum atomic E-state index is -4.67. The number of hydrogen-bond donors (Lipinski definition) is 1. The Morgan fingerprint density at radius 2 is 1.80 bits per heavy atom. The zero-order valence-corrected chi connectivity index (χ0v) is 10.9. The van der Waals surface area contributed by atoms with Gasteiger partial charge < -0.3 is 10.0 Å². The second-order valence-corrected chi connectivity index (χ2v) is 4.46. The Bertz CT molecular complexity index is 512. The summed E-state index contributed by atoms with van der Waals surface area (Å²) in [4.78, 5) is 23.7. The number of amides is 1. The summed E-state index contributed by atoms with van der Waals surface area (Å²) >= 11 is 0. The third-order valence-corrected chi connectivity index (χ3v) is 2.65. The Hall–Kier alpha value is -2.05. The fourth-order valence-corrected chi connectivity index (χ4v) is 1.71. The molecule has 0 aromatic heterocycles. The molecule has 0 fully saturated rings. The molecule has 7 heteroatoms. The molecule has 0 aliphatic rings. The van der Waals surface area contributed by atoms with E-state index in [0.717, 1.165) is 17.0 Å². The minimum Gasteiger partial charge on any atom is -0.480 e. The van der Waals surface area contributed by atoms with E-state index in [2.05, 4.69) is 0 Å². The van der Waals surface area contributed by atoms with Crippen LogP contribution in [0.2, 0.25) is 0 Å². The van der Waals surface area contributed by atoms with Gasteiger partial charge >= 0.3 is 12.1 Å². The Morgan fingerprint density at radius 1 is 1.25 bits per heavy atom. The zero-order valence-electron chi connectivity index (χ0n) is 10.9. The predicted octanol–water partition coefficient (Wildman–Crippen LogP) is 2.64. The quantitative estimate of drug-likeness (QED) is 0.927. The number of carboxylic acids is 1. The van der Waals surface area contributed by atoms with Gasteiger partial charge in [0.25, 0.3) is 5.91 Å². The number of alkyl halides is 3. The molecule has 0 atom stereocenters. The van der Waals surface area contributed by atoms with Crippen LogP contribution in [0.1, 0.15) is 29.8 Å². The average Bonchev–Trinajstić information content (AvgIpc) is 2.33. The smallest absolute Gasteiger partial charge is 0.417 e. The second kappa shape index (κ2) is 5.94. The molecule has 4 nitrogen and oxygen atoms in total. The Balaban J connectivity index is 3.22. The van der Waals surface area contributed by atoms with Gasteiger partial charge in [0.1, 0.15) is 6.54 Å². The van der Waals surface area contributed by atoms with Crippen LogP contribution in [-0.2, 0) is 11.0 Å². The maximum atomic E-state index is 12.8. The van der Waals surface area contributed by atoms with Crippen LogP contribution >= 0.6 is 0 Å². The van der Waals surface area contributed by atoms with E-state index in [9.17, 15) is 22.8 Å². The molecule has 0 aliphatic heterocycles.